The van der Waals surface area contributed by atoms with Crippen molar-refractivity contribution in [3.05, 3.63) is 29.6 Å². The van der Waals surface area contributed by atoms with E-state index < -0.39 is 11.9 Å². The Hall–Kier alpha value is -1.10. The van der Waals surface area contributed by atoms with Crippen LogP contribution in [0.5, 0.6) is 0 Å². The summed E-state index contributed by atoms with van der Waals surface area (Å²) < 4.78 is 37.9. The summed E-state index contributed by atoms with van der Waals surface area (Å²) in [5.41, 5.74) is -0.326. The van der Waals surface area contributed by atoms with E-state index in [9.17, 15) is 13.2 Å². The summed E-state index contributed by atoms with van der Waals surface area (Å²) in [5, 5.41) is 3.35. The van der Waals surface area contributed by atoms with Gasteiger partial charge in [-0.05, 0) is 31.5 Å². The Morgan fingerprint density at radius 1 is 1.26 bits per heavy atom. The lowest BCUT2D eigenvalue weighted by Gasteiger charge is -2.24. The van der Waals surface area contributed by atoms with Gasteiger partial charge in [0, 0.05) is 17.7 Å². The van der Waals surface area contributed by atoms with E-state index in [0.29, 0.717) is 5.69 Å². The van der Waals surface area contributed by atoms with Crippen LogP contribution < -0.4 is 5.32 Å². The molecule has 1 aromatic rings. The molecule has 0 bridgehead atoms. The molecule has 0 saturated heterocycles. The number of hydrogen-bond acceptors (Lipinski definition) is 2. The zero-order valence-corrected chi connectivity index (χ0v) is 11.6. The van der Waals surface area contributed by atoms with Crippen molar-refractivity contribution < 1.29 is 13.2 Å². The van der Waals surface area contributed by atoms with E-state index in [1.165, 1.54) is 6.07 Å². The van der Waals surface area contributed by atoms with Crippen LogP contribution in [0.15, 0.2) is 18.2 Å². The molecule has 1 aromatic heterocycles. The second-order valence-corrected chi connectivity index (χ2v) is 4.70. The van der Waals surface area contributed by atoms with Crippen LogP contribution in [0.2, 0.25) is 0 Å². The lowest BCUT2D eigenvalue weighted by molar-refractivity contribution is -0.141. The van der Waals surface area contributed by atoms with Crippen molar-refractivity contribution >= 4 is 0 Å². The van der Waals surface area contributed by atoms with Gasteiger partial charge in [0.2, 0.25) is 0 Å². The molecule has 108 valence electrons. The lowest BCUT2D eigenvalue weighted by Crippen LogP contribution is -2.34. The Morgan fingerprint density at radius 3 is 2.47 bits per heavy atom. The molecule has 0 amide bonds. The Labute approximate surface area is 112 Å². The van der Waals surface area contributed by atoms with Crippen LogP contribution in [-0.2, 0) is 6.18 Å². The van der Waals surface area contributed by atoms with Crippen molar-refractivity contribution in [1.82, 2.24) is 10.3 Å². The molecule has 1 N–H and O–H groups in total. The largest absolute Gasteiger partial charge is 0.433 e. The van der Waals surface area contributed by atoms with Crippen LogP contribution in [-0.4, -0.2) is 17.6 Å². The maximum absolute atomic E-state index is 12.6. The van der Waals surface area contributed by atoms with Crippen LogP contribution in [0, 0.1) is 0 Å². The summed E-state index contributed by atoms with van der Waals surface area (Å²) >= 11 is 0. The first-order valence-electron chi connectivity index (χ1n) is 6.67. The van der Waals surface area contributed by atoms with Crippen molar-refractivity contribution in [2.45, 2.75) is 51.7 Å². The summed E-state index contributed by atoms with van der Waals surface area (Å²) in [6.45, 7) is 6.87. The van der Waals surface area contributed by atoms with Gasteiger partial charge in [-0.15, -0.1) is 0 Å². The number of rotatable bonds is 6. The van der Waals surface area contributed by atoms with Crippen LogP contribution in [0.1, 0.15) is 50.9 Å². The number of halogens is 3. The zero-order chi connectivity index (χ0) is 14.5. The van der Waals surface area contributed by atoms with Crippen molar-refractivity contribution in [3.63, 3.8) is 0 Å². The van der Waals surface area contributed by atoms with Crippen molar-refractivity contribution in [3.8, 4) is 0 Å². The minimum Gasteiger partial charge on any atom is -0.313 e. The molecule has 0 radical (unpaired) electrons. The first kappa shape index (κ1) is 16.0. The first-order chi connectivity index (χ1) is 8.90. The fraction of sp³-hybridized carbons (Fsp3) is 0.643. The van der Waals surface area contributed by atoms with Crippen molar-refractivity contribution in [1.29, 1.82) is 0 Å². The molecule has 1 heterocycles. The maximum Gasteiger partial charge on any atom is 0.433 e. The third-order valence-corrected chi connectivity index (χ3v) is 3.23. The normalized spacial score (nSPS) is 15.3. The van der Waals surface area contributed by atoms with Gasteiger partial charge in [0.25, 0.3) is 0 Å². The van der Waals surface area contributed by atoms with E-state index in [1.807, 2.05) is 13.8 Å². The number of aromatic nitrogens is 1. The summed E-state index contributed by atoms with van der Waals surface area (Å²) in [4.78, 5) is 3.76. The monoisotopic (exact) mass is 274 g/mol. The van der Waals surface area contributed by atoms with E-state index in [2.05, 4.69) is 17.2 Å². The minimum atomic E-state index is -4.38. The molecule has 0 aliphatic carbocycles. The van der Waals surface area contributed by atoms with Gasteiger partial charge in [0.1, 0.15) is 5.69 Å². The fourth-order valence-electron chi connectivity index (χ4n) is 2.07. The van der Waals surface area contributed by atoms with Crippen LogP contribution in [0.3, 0.4) is 0 Å². The highest BCUT2D eigenvalue weighted by Gasteiger charge is 2.33. The third kappa shape index (κ3) is 4.49. The van der Waals surface area contributed by atoms with Gasteiger partial charge in [0.15, 0.2) is 0 Å². The summed E-state index contributed by atoms with van der Waals surface area (Å²) in [7, 11) is 0. The molecular weight excluding hydrogens is 253 g/mol. The van der Waals surface area contributed by atoms with Gasteiger partial charge in [-0.3, -0.25) is 0 Å². The van der Waals surface area contributed by atoms with Gasteiger partial charge in [-0.1, -0.05) is 26.8 Å². The Kier molecular flexibility index (Phi) is 5.79. The Balaban J connectivity index is 2.89. The standard InChI is InChI=1S/C14H21F3N2/c1-4-9-18-11(5-2)10(3)12-7-6-8-13(19-12)14(15,16)17/h6-8,10-11,18H,4-5,9H2,1-3H3. The number of nitrogens with zero attached hydrogens (tertiary/aromatic N) is 1. The molecule has 5 heteroatoms. The molecule has 0 aliphatic heterocycles. The number of alkyl halides is 3. The number of nitrogens with one attached hydrogen (secondary N) is 1. The molecule has 2 nitrogen and oxygen atoms in total. The molecule has 0 aromatic carbocycles. The highest BCUT2D eigenvalue weighted by atomic mass is 19.4. The quantitative estimate of drug-likeness (QED) is 0.848. The third-order valence-electron chi connectivity index (χ3n) is 3.23. The number of hydrogen-bond donors (Lipinski definition) is 1. The van der Waals surface area contributed by atoms with Crippen LogP contribution in [0.25, 0.3) is 0 Å². The van der Waals surface area contributed by atoms with E-state index in [4.69, 9.17) is 0 Å². The Bertz CT molecular complexity index is 391. The SMILES string of the molecule is CCCNC(CC)C(C)c1cccc(C(F)(F)F)n1. The second kappa shape index (κ2) is 6.89. The summed E-state index contributed by atoms with van der Waals surface area (Å²) in [6.07, 6.45) is -2.52. The minimum absolute atomic E-state index is 0.0427. The topological polar surface area (TPSA) is 24.9 Å². The molecule has 0 fully saturated rings. The molecule has 2 atom stereocenters. The molecular formula is C14H21F3N2. The maximum atomic E-state index is 12.6. The van der Waals surface area contributed by atoms with E-state index >= 15 is 0 Å². The second-order valence-electron chi connectivity index (χ2n) is 4.70. The van der Waals surface area contributed by atoms with Gasteiger partial charge in [0.05, 0.1) is 0 Å². The van der Waals surface area contributed by atoms with Crippen LogP contribution in [0.4, 0.5) is 13.2 Å². The lowest BCUT2D eigenvalue weighted by atomic mass is 9.95. The smallest absolute Gasteiger partial charge is 0.313 e. The molecule has 19 heavy (non-hydrogen) atoms. The van der Waals surface area contributed by atoms with Gasteiger partial charge in [-0.2, -0.15) is 13.2 Å². The highest BCUT2D eigenvalue weighted by Crippen LogP contribution is 2.29. The molecule has 1 rings (SSSR count). The Morgan fingerprint density at radius 2 is 1.95 bits per heavy atom. The highest BCUT2D eigenvalue weighted by molar-refractivity contribution is 5.17. The molecule has 0 spiro atoms. The first-order valence-corrected chi connectivity index (χ1v) is 6.67. The number of pyridine rings is 1. The van der Waals surface area contributed by atoms with E-state index in [0.717, 1.165) is 25.5 Å². The van der Waals surface area contributed by atoms with Gasteiger partial charge in [-0.25, -0.2) is 4.98 Å². The average molecular weight is 274 g/mol. The van der Waals surface area contributed by atoms with E-state index in [-0.39, 0.29) is 12.0 Å². The van der Waals surface area contributed by atoms with Crippen molar-refractivity contribution in [2.24, 2.45) is 0 Å². The zero-order valence-electron chi connectivity index (χ0n) is 11.6. The fourth-order valence-corrected chi connectivity index (χ4v) is 2.07. The van der Waals surface area contributed by atoms with Gasteiger partial charge < -0.3 is 5.32 Å². The van der Waals surface area contributed by atoms with Crippen LogP contribution >= 0.6 is 0 Å². The molecule has 0 aliphatic rings. The molecule has 0 saturated carbocycles. The molecule has 2 unspecified atom stereocenters. The van der Waals surface area contributed by atoms with Crippen molar-refractivity contribution in [2.75, 3.05) is 6.54 Å². The summed E-state index contributed by atoms with van der Waals surface area (Å²) in [6, 6.07) is 4.25. The predicted molar refractivity (Wildman–Crippen MR) is 70.0 cm³/mol. The van der Waals surface area contributed by atoms with Gasteiger partial charge >= 0.3 is 6.18 Å². The predicted octanol–water partition coefficient (Wildman–Crippen LogP) is 3.98. The average Bonchev–Trinajstić information content (AvgIpc) is 2.38. The summed E-state index contributed by atoms with van der Waals surface area (Å²) in [5.74, 6) is -0.0427. The van der Waals surface area contributed by atoms with E-state index in [1.54, 1.807) is 6.07 Å².